The monoisotopic (exact) mass is 268 g/mol. The predicted molar refractivity (Wildman–Crippen MR) is 75.0 cm³/mol. The summed E-state index contributed by atoms with van der Waals surface area (Å²) in [7, 11) is 0. The highest BCUT2D eigenvalue weighted by molar-refractivity contribution is 5.88. The van der Waals surface area contributed by atoms with Crippen LogP contribution in [0.5, 0.6) is 0 Å². The van der Waals surface area contributed by atoms with Crippen LogP contribution in [0.4, 0.5) is 10.6 Å². The minimum atomic E-state index is -0.490. The van der Waals surface area contributed by atoms with Crippen LogP contribution in [0.2, 0.25) is 0 Å². The molecule has 1 rings (SSSR count). The van der Waals surface area contributed by atoms with Gasteiger partial charge < -0.3 is 10.4 Å². The highest BCUT2D eigenvalue weighted by atomic mass is 16.3. The van der Waals surface area contributed by atoms with Crippen molar-refractivity contribution in [3.8, 4) is 0 Å². The average molecular weight is 268 g/mol. The molecule has 1 aromatic heterocycles. The minimum Gasteiger partial charge on any atom is -0.391 e. The maximum absolute atomic E-state index is 11.7. The molecule has 2 amide bonds. The second kappa shape index (κ2) is 7.78. The predicted octanol–water partition coefficient (Wildman–Crippen LogP) is 1.82. The molecule has 0 fully saturated rings. The first-order chi connectivity index (χ1) is 9.02. The van der Waals surface area contributed by atoms with Crippen molar-refractivity contribution in [2.75, 3.05) is 11.9 Å². The number of nitrogens with zero attached hydrogens (tertiary/aromatic N) is 2. The van der Waals surface area contributed by atoms with Crippen LogP contribution in [0.25, 0.3) is 0 Å². The van der Waals surface area contributed by atoms with Crippen LogP contribution in [-0.2, 0) is 6.54 Å². The molecule has 1 heterocycles. The van der Waals surface area contributed by atoms with Gasteiger partial charge in [0.05, 0.1) is 12.3 Å². The first-order valence-electron chi connectivity index (χ1n) is 6.77. The van der Waals surface area contributed by atoms with Gasteiger partial charge in [0.15, 0.2) is 0 Å². The summed E-state index contributed by atoms with van der Waals surface area (Å²) in [5, 5.41) is 19.1. The Kier molecular flexibility index (Phi) is 6.35. The number of hydrogen-bond donors (Lipinski definition) is 3. The smallest absolute Gasteiger partial charge is 0.320 e. The van der Waals surface area contributed by atoms with Gasteiger partial charge in [-0.25, -0.2) is 9.48 Å². The molecule has 0 saturated heterocycles. The molecule has 0 aliphatic carbocycles. The number of amides is 2. The van der Waals surface area contributed by atoms with E-state index in [1.165, 1.54) is 0 Å². The van der Waals surface area contributed by atoms with Gasteiger partial charge in [-0.05, 0) is 12.3 Å². The summed E-state index contributed by atoms with van der Waals surface area (Å²) in [5.41, 5.74) is 0. The van der Waals surface area contributed by atoms with E-state index >= 15 is 0 Å². The second-order valence-electron chi connectivity index (χ2n) is 5.07. The molecule has 0 aliphatic heterocycles. The van der Waals surface area contributed by atoms with Crippen LogP contribution in [-0.4, -0.2) is 33.6 Å². The third-order valence-corrected chi connectivity index (χ3v) is 2.62. The summed E-state index contributed by atoms with van der Waals surface area (Å²) in [5.74, 6) is 1.12. The third kappa shape index (κ3) is 5.74. The second-order valence-corrected chi connectivity index (χ2v) is 5.07. The van der Waals surface area contributed by atoms with Crippen LogP contribution in [0.1, 0.15) is 33.6 Å². The quantitative estimate of drug-likeness (QED) is 0.705. The summed E-state index contributed by atoms with van der Waals surface area (Å²) in [6.45, 7) is 7.19. The normalized spacial score (nSPS) is 12.5. The molecule has 0 saturated carbocycles. The van der Waals surface area contributed by atoms with Gasteiger partial charge in [-0.15, -0.1) is 0 Å². The van der Waals surface area contributed by atoms with Crippen molar-refractivity contribution in [2.24, 2.45) is 5.92 Å². The van der Waals surface area contributed by atoms with E-state index in [0.717, 1.165) is 13.0 Å². The summed E-state index contributed by atoms with van der Waals surface area (Å²) in [6.07, 6.45) is 2.75. The van der Waals surface area contributed by atoms with Crippen molar-refractivity contribution in [2.45, 2.75) is 46.3 Å². The van der Waals surface area contributed by atoms with E-state index in [1.54, 1.807) is 16.9 Å². The Morgan fingerprint density at radius 3 is 2.89 bits per heavy atom. The SMILES string of the molecule is CCCC(O)CNC(=O)Nc1ccnn1CC(C)C. The summed E-state index contributed by atoms with van der Waals surface area (Å²) in [4.78, 5) is 11.7. The number of aromatic nitrogens is 2. The molecule has 0 bridgehead atoms. The van der Waals surface area contributed by atoms with Gasteiger partial charge in [0, 0.05) is 19.2 Å². The largest absolute Gasteiger partial charge is 0.391 e. The third-order valence-electron chi connectivity index (χ3n) is 2.62. The van der Waals surface area contributed by atoms with Gasteiger partial charge in [-0.2, -0.15) is 5.10 Å². The number of nitrogens with one attached hydrogen (secondary N) is 2. The molecule has 6 heteroatoms. The molecule has 108 valence electrons. The Morgan fingerprint density at radius 1 is 1.53 bits per heavy atom. The van der Waals surface area contributed by atoms with Crippen molar-refractivity contribution in [1.82, 2.24) is 15.1 Å². The Morgan fingerprint density at radius 2 is 2.26 bits per heavy atom. The van der Waals surface area contributed by atoms with Gasteiger partial charge in [-0.3, -0.25) is 5.32 Å². The van der Waals surface area contributed by atoms with Crippen molar-refractivity contribution in [3.63, 3.8) is 0 Å². The molecule has 1 aromatic rings. The first kappa shape index (κ1) is 15.5. The fourth-order valence-corrected chi connectivity index (χ4v) is 1.74. The Hall–Kier alpha value is -1.56. The fourth-order valence-electron chi connectivity index (χ4n) is 1.74. The highest BCUT2D eigenvalue weighted by Gasteiger charge is 2.09. The first-order valence-corrected chi connectivity index (χ1v) is 6.77. The van der Waals surface area contributed by atoms with Crippen molar-refractivity contribution in [1.29, 1.82) is 0 Å². The maximum Gasteiger partial charge on any atom is 0.320 e. The summed E-state index contributed by atoms with van der Waals surface area (Å²) >= 11 is 0. The Bertz CT molecular complexity index is 390. The Labute approximate surface area is 114 Å². The average Bonchev–Trinajstić information content (AvgIpc) is 2.73. The summed E-state index contributed by atoms with van der Waals surface area (Å²) in [6, 6.07) is 1.44. The maximum atomic E-state index is 11.7. The van der Waals surface area contributed by atoms with E-state index < -0.39 is 6.10 Å². The molecule has 0 aromatic carbocycles. The number of aliphatic hydroxyl groups excluding tert-OH is 1. The van der Waals surface area contributed by atoms with Gasteiger partial charge in [0.1, 0.15) is 5.82 Å². The van der Waals surface area contributed by atoms with E-state index in [1.807, 2.05) is 6.92 Å². The van der Waals surface area contributed by atoms with E-state index in [4.69, 9.17) is 0 Å². The molecule has 19 heavy (non-hydrogen) atoms. The number of carbonyl (C=O) groups excluding carboxylic acids is 1. The van der Waals surface area contributed by atoms with Crippen LogP contribution in [0.15, 0.2) is 12.3 Å². The lowest BCUT2D eigenvalue weighted by atomic mass is 10.2. The Balaban J connectivity index is 2.42. The number of hydrogen-bond acceptors (Lipinski definition) is 3. The van der Waals surface area contributed by atoms with Crippen LogP contribution >= 0.6 is 0 Å². The van der Waals surface area contributed by atoms with Crippen molar-refractivity contribution < 1.29 is 9.90 Å². The van der Waals surface area contributed by atoms with E-state index in [9.17, 15) is 9.90 Å². The van der Waals surface area contributed by atoms with Crippen LogP contribution in [0, 0.1) is 5.92 Å². The topological polar surface area (TPSA) is 79.2 Å². The summed E-state index contributed by atoms with van der Waals surface area (Å²) < 4.78 is 1.76. The number of urea groups is 1. The van der Waals surface area contributed by atoms with Crippen LogP contribution < -0.4 is 10.6 Å². The lowest BCUT2D eigenvalue weighted by Gasteiger charge is -2.13. The molecule has 1 atom stereocenters. The van der Waals surface area contributed by atoms with Crippen LogP contribution in [0.3, 0.4) is 0 Å². The number of aliphatic hydroxyl groups is 1. The highest BCUT2D eigenvalue weighted by Crippen LogP contribution is 2.09. The van der Waals surface area contributed by atoms with Gasteiger partial charge in [-0.1, -0.05) is 27.2 Å². The lowest BCUT2D eigenvalue weighted by molar-refractivity contribution is 0.162. The molecule has 3 N–H and O–H groups in total. The number of anilines is 1. The zero-order chi connectivity index (χ0) is 14.3. The zero-order valence-corrected chi connectivity index (χ0v) is 11.9. The molecule has 6 nitrogen and oxygen atoms in total. The molecule has 0 radical (unpaired) electrons. The number of carbonyl (C=O) groups is 1. The minimum absolute atomic E-state index is 0.262. The van der Waals surface area contributed by atoms with Gasteiger partial charge >= 0.3 is 6.03 Å². The van der Waals surface area contributed by atoms with Gasteiger partial charge in [0.25, 0.3) is 0 Å². The molecule has 1 unspecified atom stereocenters. The lowest BCUT2D eigenvalue weighted by Crippen LogP contribution is -2.35. The number of rotatable bonds is 7. The molecule has 0 spiro atoms. The molecular weight excluding hydrogens is 244 g/mol. The van der Waals surface area contributed by atoms with E-state index in [-0.39, 0.29) is 12.6 Å². The van der Waals surface area contributed by atoms with Crippen molar-refractivity contribution >= 4 is 11.8 Å². The fraction of sp³-hybridized carbons (Fsp3) is 0.692. The van der Waals surface area contributed by atoms with Gasteiger partial charge in [0.2, 0.25) is 0 Å². The molecule has 0 aliphatic rings. The van der Waals surface area contributed by atoms with E-state index in [0.29, 0.717) is 18.2 Å². The standard InChI is InChI=1S/C13H24N4O2/c1-4-5-11(18)8-14-13(19)16-12-6-7-15-17(12)9-10(2)3/h6-7,10-11,18H,4-5,8-9H2,1-3H3,(H2,14,16,19). The van der Waals surface area contributed by atoms with E-state index in [2.05, 4.69) is 29.6 Å². The zero-order valence-electron chi connectivity index (χ0n) is 11.9. The van der Waals surface area contributed by atoms with Crippen molar-refractivity contribution in [3.05, 3.63) is 12.3 Å². The molecular formula is C13H24N4O2.